The van der Waals surface area contributed by atoms with Crippen molar-refractivity contribution in [3.8, 4) is 5.69 Å². The molecule has 7 heteroatoms. The number of aryl methyl sites for hydroxylation is 1. The smallest absolute Gasteiger partial charge is 0.322 e. The molecule has 0 atom stereocenters. The van der Waals surface area contributed by atoms with Crippen LogP contribution in [0.3, 0.4) is 0 Å². The highest BCUT2D eigenvalue weighted by Crippen LogP contribution is 2.28. The molecule has 1 heterocycles. The molecule has 0 aliphatic rings. The van der Waals surface area contributed by atoms with Crippen LogP contribution in [0.15, 0.2) is 58.3 Å². The maximum Gasteiger partial charge on any atom is 0.335 e. The first kappa shape index (κ1) is 23.2. The first-order valence-electron chi connectivity index (χ1n) is 10.5. The highest BCUT2D eigenvalue weighted by atomic mass is 19.1. The molecule has 0 aliphatic carbocycles. The number of nitrogens with one attached hydrogen (secondary N) is 1. The van der Waals surface area contributed by atoms with E-state index in [-0.39, 0.29) is 22.7 Å². The molecule has 32 heavy (non-hydrogen) atoms. The minimum Gasteiger partial charge on any atom is -0.322 e. The van der Waals surface area contributed by atoms with Crippen molar-refractivity contribution >= 4 is 11.6 Å². The molecule has 0 unspecified atom stereocenters. The number of amides is 1. The Hall–Kier alpha value is -3.48. The van der Waals surface area contributed by atoms with E-state index in [1.165, 1.54) is 22.9 Å². The van der Waals surface area contributed by atoms with Crippen molar-refractivity contribution in [2.75, 3.05) is 5.32 Å². The highest BCUT2D eigenvalue weighted by Gasteiger charge is 2.21. The van der Waals surface area contributed by atoms with E-state index in [0.717, 1.165) is 27.8 Å². The minimum atomic E-state index is -0.765. The minimum absolute atomic E-state index is 0.120. The van der Waals surface area contributed by atoms with Crippen molar-refractivity contribution in [2.45, 2.75) is 53.0 Å². The Morgan fingerprint density at radius 1 is 1.03 bits per heavy atom. The largest absolute Gasteiger partial charge is 0.335 e. The van der Waals surface area contributed by atoms with E-state index >= 15 is 0 Å². The topological polar surface area (TPSA) is 73.1 Å². The van der Waals surface area contributed by atoms with E-state index in [1.54, 1.807) is 19.9 Å². The van der Waals surface area contributed by atoms with Crippen LogP contribution < -0.4 is 16.6 Å². The van der Waals surface area contributed by atoms with Gasteiger partial charge in [-0.15, -0.1) is 0 Å². The molecule has 3 aromatic rings. The van der Waals surface area contributed by atoms with E-state index in [9.17, 15) is 18.8 Å². The summed E-state index contributed by atoms with van der Waals surface area (Å²) in [7, 11) is 0. The molecule has 3 rings (SSSR count). The predicted molar refractivity (Wildman–Crippen MR) is 124 cm³/mol. The van der Waals surface area contributed by atoms with Crippen molar-refractivity contribution in [1.29, 1.82) is 0 Å². The molecule has 1 N–H and O–H groups in total. The van der Waals surface area contributed by atoms with Crippen LogP contribution in [-0.4, -0.2) is 15.0 Å². The van der Waals surface area contributed by atoms with Gasteiger partial charge in [-0.3, -0.25) is 14.2 Å². The Bertz CT molecular complexity index is 1280. The fourth-order valence-corrected chi connectivity index (χ4v) is 3.62. The molecular formula is C25H28FN3O3. The Labute approximate surface area is 186 Å². The molecule has 1 amide bonds. The molecular weight excluding hydrogens is 409 g/mol. The SMILES string of the molecule is Cc1ccc(NC(=O)c2cn(C(C)C)c(=O)n(-c3ccc(F)cc3)c2=O)cc1C(C)(C)C. The number of aromatic nitrogens is 2. The van der Waals surface area contributed by atoms with Crippen LogP contribution in [0.2, 0.25) is 0 Å². The maximum absolute atomic E-state index is 13.4. The van der Waals surface area contributed by atoms with E-state index in [4.69, 9.17) is 0 Å². The summed E-state index contributed by atoms with van der Waals surface area (Å²) in [5.74, 6) is -1.11. The lowest BCUT2D eigenvalue weighted by molar-refractivity contribution is 0.102. The van der Waals surface area contributed by atoms with Gasteiger partial charge in [0.05, 0.1) is 5.69 Å². The molecule has 1 aromatic heterocycles. The first-order valence-corrected chi connectivity index (χ1v) is 10.5. The molecule has 0 radical (unpaired) electrons. The number of benzene rings is 2. The molecule has 0 fully saturated rings. The lowest BCUT2D eigenvalue weighted by Crippen LogP contribution is -2.42. The van der Waals surface area contributed by atoms with Gasteiger partial charge in [0.1, 0.15) is 11.4 Å². The maximum atomic E-state index is 13.4. The second-order valence-corrected chi connectivity index (χ2v) is 9.18. The average molecular weight is 438 g/mol. The van der Waals surface area contributed by atoms with E-state index in [1.807, 2.05) is 19.1 Å². The monoisotopic (exact) mass is 437 g/mol. The van der Waals surface area contributed by atoms with Crippen LogP contribution in [0.1, 0.15) is 62.1 Å². The Morgan fingerprint density at radius 3 is 2.22 bits per heavy atom. The molecule has 6 nitrogen and oxygen atoms in total. The Balaban J connectivity index is 2.12. The number of hydrogen-bond acceptors (Lipinski definition) is 3. The number of carbonyl (C=O) groups excluding carboxylic acids is 1. The van der Waals surface area contributed by atoms with E-state index < -0.39 is 23.0 Å². The van der Waals surface area contributed by atoms with Gasteiger partial charge in [0.2, 0.25) is 0 Å². The molecule has 168 valence electrons. The summed E-state index contributed by atoms with van der Waals surface area (Å²) in [5, 5.41) is 2.78. The summed E-state index contributed by atoms with van der Waals surface area (Å²) in [4.78, 5) is 39.2. The third kappa shape index (κ3) is 4.56. The van der Waals surface area contributed by atoms with Crippen LogP contribution in [0.4, 0.5) is 10.1 Å². The van der Waals surface area contributed by atoms with Crippen molar-refractivity contribution in [1.82, 2.24) is 9.13 Å². The van der Waals surface area contributed by atoms with Gasteiger partial charge in [0.15, 0.2) is 0 Å². The fourth-order valence-electron chi connectivity index (χ4n) is 3.62. The van der Waals surface area contributed by atoms with Gasteiger partial charge >= 0.3 is 5.69 Å². The third-order valence-electron chi connectivity index (χ3n) is 5.30. The van der Waals surface area contributed by atoms with Crippen LogP contribution in [-0.2, 0) is 5.41 Å². The lowest BCUT2D eigenvalue weighted by Gasteiger charge is -2.22. The van der Waals surface area contributed by atoms with Crippen molar-refractivity contribution in [3.63, 3.8) is 0 Å². The van der Waals surface area contributed by atoms with Gasteiger partial charge in [-0.1, -0.05) is 26.8 Å². The average Bonchev–Trinajstić information content (AvgIpc) is 2.69. The van der Waals surface area contributed by atoms with Crippen LogP contribution in [0, 0.1) is 12.7 Å². The normalized spacial score (nSPS) is 11.6. The lowest BCUT2D eigenvalue weighted by atomic mass is 9.84. The summed E-state index contributed by atoms with van der Waals surface area (Å²) in [6.45, 7) is 11.8. The van der Waals surface area contributed by atoms with E-state index in [2.05, 4.69) is 26.1 Å². The second-order valence-electron chi connectivity index (χ2n) is 9.18. The molecule has 2 aromatic carbocycles. The van der Waals surface area contributed by atoms with Gasteiger partial charge in [-0.05, 0) is 73.7 Å². The van der Waals surface area contributed by atoms with Crippen LogP contribution >= 0.6 is 0 Å². The van der Waals surface area contributed by atoms with Gasteiger partial charge in [0.25, 0.3) is 11.5 Å². The third-order valence-corrected chi connectivity index (χ3v) is 5.30. The van der Waals surface area contributed by atoms with Gasteiger partial charge in [-0.25, -0.2) is 13.8 Å². The quantitative estimate of drug-likeness (QED) is 0.649. The fraction of sp³-hybridized carbons (Fsp3) is 0.320. The van der Waals surface area contributed by atoms with Gasteiger partial charge < -0.3 is 5.32 Å². The van der Waals surface area contributed by atoms with Gasteiger partial charge in [-0.2, -0.15) is 0 Å². The van der Waals surface area contributed by atoms with Crippen LogP contribution in [0.5, 0.6) is 0 Å². The molecule has 0 spiro atoms. The summed E-state index contributed by atoms with van der Waals surface area (Å²) >= 11 is 0. The number of carbonyl (C=O) groups is 1. The van der Waals surface area contributed by atoms with Crippen LogP contribution in [0.25, 0.3) is 5.69 Å². The zero-order valence-corrected chi connectivity index (χ0v) is 19.2. The number of halogens is 1. The van der Waals surface area contributed by atoms with E-state index in [0.29, 0.717) is 5.69 Å². The summed E-state index contributed by atoms with van der Waals surface area (Å²) in [5.41, 5.74) is 1.26. The summed E-state index contributed by atoms with van der Waals surface area (Å²) in [6.07, 6.45) is 1.28. The molecule has 0 saturated carbocycles. The Morgan fingerprint density at radius 2 is 1.66 bits per heavy atom. The van der Waals surface area contributed by atoms with Gasteiger partial charge in [0, 0.05) is 17.9 Å². The number of nitrogens with zero attached hydrogens (tertiary/aromatic N) is 2. The summed E-state index contributed by atoms with van der Waals surface area (Å²) < 4.78 is 15.6. The number of hydrogen-bond donors (Lipinski definition) is 1. The predicted octanol–water partition coefficient (Wildman–Crippen LogP) is 4.58. The van der Waals surface area contributed by atoms with Crippen molar-refractivity contribution in [2.24, 2.45) is 0 Å². The molecule has 0 aliphatic heterocycles. The zero-order valence-electron chi connectivity index (χ0n) is 19.2. The Kier molecular flexibility index (Phi) is 6.21. The second kappa shape index (κ2) is 8.57. The highest BCUT2D eigenvalue weighted by molar-refractivity contribution is 6.04. The molecule has 0 saturated heterocycles. The van der Waals surface area contributed by atoms with Crippen molar-refractivity contribution in [3.05, 3.63) is 92.0 Å². The number of rotatable bonds is 4. The standard InChI is InChI=1S/C25H28FN3O3/c1-15(2)28-14-20(23(31)29(24(28)32)19-11-8-17(26)9-12-19)22(30)27-18-10-7-16(3)21(13-18)25(4,5)6/h7-15H,1-6H3,(H,27,30). The number of anilines is 1. The first-order chi connectivity index (χ1) is 14.9. The summed E-state index contributed by atoms with van der Waals surface area (Å²) in [6, 6.07) is 10.3. The molecule has 0 bridgehead atoms. The van der Waals surface area contributed by atoms with Crippen molar-refractivity contribution < 1.29 is 9.18 Å². The zero-order chi connectivity index (χ0) is 23.8.